The molecule has 0 aromatic rings. The molecular formula is C8H18N2O. The topological polar surface area (TPSA) is 26.7 Å². The lowest BCUT2D eigenvalue weighted by molar-refractivity contribution is -0.0662. The van der Waals surface area contributed by atoms with Crippen molar-refractivity contribution in [1.82, 2.24) is 9.96 Å². The molecule has 0 aliphatic carbocycles. The number of hydroxylamine groups is 2. The summed E-state index contributed by atoms with van der Waals surface area (Å²) in [6, 6.07) is 0. The van der Waals surface area contributed by atoms with E-state index in [9.17, 15) is 0 Å². The van der Waals surface area contributed by atoms with E-state index < -0.39 is 0 Å². The summed E-state index contributed by atoms with van der Waals surface area (Å²) in [5.41, 5.74) is 0. The smallest absolute Gasteiger partial charge is 0.0247 e. The average molecular weight is 158 g/mol. The molecule has 1 fully saturated rings. The maximum absolute atomic E-state index is 8.84. The Bertz CT molecular complexity index is 100. The van der Waals surface area contributed by atoms with Crippen molar-refractivity contribution < 1.29 is 5.21 Å². The Hall–Kier alpha value is -0.120. The first-order valence-corrected chi connectivity index (χ1v) is 4.41. The van der Waals surface area contributed by atoms with Crippen molar-refractivity contribution in [3.8, 4) is 0 Å². The molecular weight excluding hydrogens is 140 g/mol. The first-order chi connectivity index (χ1) is 5.29. The minimum absolute atomic E-state index is 0.788. The SMILES string of the molecule is CN(O)CCCN1CCCC1. The third-order valence-corrected chi connectivity index (χ3v) is 2.15. The molecule has 0 aromatic carbocycles. The van der Waals surface area contributed by atoms with Crippen LogP contribution in [0.5, 0.6) is 0 Å². The molecule has 3 heteroatoms. The monoisotopic (exact) mass is 158 g/mol. The molecule has 0 amide bonds. The van der Waals surface area contributed by atoms with Crippen LogP contribution in [0.1, 0.15) is 19.3 Å². The third-order valence-electron chi connectivity index (χ3n) is 2.15. The van der Waals surface area contributed by atoms with Crippen LogP contribution in [0.15, 0.2) is 0 Å². The van der Waals surface area contributed by atoms with Crippen LogP contribution < -0.4 is 0 Å². The summed E-state index contributed by atoms with van der Waals surface area (Å²) in [7, 11) is 1.70. The Morgan fingerprint density at radius 3 is 2.55 bits per heavy atom. The number of hydrogen-bond donors (Lipinski definition) is 1. The van der Waals surface area contributed by atoms with E-state index in [-0.39, 0.29) is 0 Å². The van der Waals surface area contributed by atoms with Gasteiger partial charge in [-0.05, 0) is 38.9 Å². The van der Waals surface area contributed by atoms with Crippen LogP contribution in [-0.4, -0.2) is 48.4 Å². The standard InChI is InChI=1S/C8H18N2O/c1-9(11)5-4-8-10-6-2-3-7-10/h11H,2-8H2,1H3. The summed E-state index contributed by atoms with van der Waals surface area (Å²) in [4.78, 5) is 2.46. The number of nitrogens with zero attached hydrogens (tertiary/aromatic N) is 2. The van der Waals surface area contributed by atoms with Crippen molar-refractivity contribution in [2.24, 2.45) is 0 Å². The van der Waals surface area contributed by atoms with Crippen molar-refractivity contribution in [2.45, 2.75) is 19.3 Å². The van der Waals surface area contributed by atoms with Crippen molar-refractivity contribution in [2.75, 3.05) is 33.2 Å². The van der Waals surface area contributed by atoms with E-state index in [0.29, 0.717) is 0 Å². The van der Waals surface area contributed by atoms with Crippen LogP contribution in [0.4, 0.5) is 0 Å². The van der Waals surface area contributed by atoms with Crippen molar-refractivity contribution in [3.05, 3.63) is 0 Å². The Balaban J connectivity index is 1.94. The number of hydrogen-bond acceptors (Lipinski definition) is 3. The van der Waals surface area contributed by atoms with Gasteiger partial charge >= 0.3 is 0 Å². The zero-order valence-corrected chi connectivity index (χ0v) is 7.29. The van der Waals surface area contributed by atoms with Gasteiger partial charge in [-0.1, -0.05) is 0 Å². The van der Waals surface area contributed by atoms with Gasteiger partial charge < -0.3 is 10.1 Å². The molecule has 0 saturated carbocycles. The van der Waals surface area contributed by atoms with E-state index in [2.05, 4.69) is 4.90 Å². The van der Waals surface area contributed by atoms with Crippen LogP contribution in [0, 0.1) is 0 Å². The molecule has 1 rings (SSSR count). The lowest BCUT2D eigenvalue weighted by Gasteiger charge is -2.15. The third kappa shape index (κ3) is 3.70. The molecule has 0 bridgehead atoms. The highest BCUT2D eigenvalue weighted by Crippen LogP contribution is 2.07. The predicted octanol–water partition coefficient (Wildman–Crippen LogP) is 0.793. The number of likely N-dealkylation sites (tertiary alicyclic amines) is 1. The van der Waals surface area contributed by atoms with E-state index in [0.717, 1.165) is 19.5 Å². The Morgan fingerprint density at radius 1 is 1.36 bits per heavy atom. The minimum atomic E-state index is 0.788. The first kappa shape index (κ1) is 8.97. The first-order valence-electron chi connectivity index (χ1n) is 4.41. The fourth-order valence-corrected chi connectivity index (χ4v) is 1.53. The molecule has 1 aliphatic rings. The maximum atomic E-state index is 8.84. The molecule has 1 heterocycles. The van der Waals surface area contributed by atoms with E-state index >= 15 is 0 Å². The quantitative estimate of drug-likeness (QED) is 0.613. The van der Waals surface area contributed by atoms with Crippen LogP contribution in [-0.2, 0) is 0 Å². The van der Waals surface area contributed by atoms with Crippen LogP contribution >= 0.6 is 0 Å². The lowest BCUT2D eigenvalue weighted by atomic mass is 10.4. The molecule has 1 aliphatic heterocycles. The summed E-state index contributed by atoms with van der Waals surface area (Å²) in [6.07, 6.45) is 3.79. The molecule has 1 saturated heterocycles. The fraction of sp³-hybridized carbons (Fsp3) is 1.00. The van der Waals surface area contributed by atoms with Gasteiger partial charge in [-0.15, -0.1) is 0 Å². The largest absolute Gasteiger partial charge is 0.314 e. The van der Waals surface area contributed by atoms with Gasteiger partial charge in [0, 0.05) is 13.6 Å². The maximum Gasteiger partial charge on any atom is 0.0247 e. The Labute approximate surface area is 68.6 Å². The van der Waals surface area contributed by atoms with Gasteiger partial charge in [0.25, 0.3) is 0 Å². The average Bonchev–Trinajstić information content (AvgIpc) is 2.39. The van der Waals surface area contributed by atoms with Crippen molar-refractivity contribution >= 4 is 0 Å². The summed E-state index contributed by atoms with van der Waals surface area (Å²) < 4.78 is 0. The fourth-order valence-electron chi connectivity index (χ4n) is 1.53. The molecule has 0 unspecified atom stereocenters. The van der Waals surface area contributed by atoms with Gasteiger partial charge in [0.15, 0.2) is 0 Å². The highest BCUT2D eigenvalue weighted by Gasteiger charge is 2.10. The molecule has 0 radical (unpaired) electrons. The van der Waals surface area contributed by atoms with E-state index in [1.54, 1.807) is 7.05 Å². The Morgan fingerprint density at radius 2 is 2.00 bits per heavy atom. The predicted molar refractivity (Wildman–Crippen MR) is 44.7 cm³/mol. The van der Waals surface area contributed by atoms with Gasteiger partial charge in [-0.25, -0.2) is 0 Å². The van der Waals surface area contributed by atoms with Gasteiger partial charge in [-0.3, -0.25) is 0 Å². The van der Waals surface area contributed by atoms with Gasteiger partial charge in [-0.2, -0.15) is 5.06 Å². The van der Waals surface area contributed by atoms with Crippen molar-refractivity contribution in [1.29, 1.82) is 0 Å². The van der Waals surface area contributed by atoms with Crippen molar-refractivity contribution in [3.63, 3.8) is 0 Å². The number of rotatable bonds is 4. The second-order valence-electron chi connectivity index (χ2n) is 3.28. The van der Waals surface area contributed by atoms with Crippen LogP contribution in [0.3, 0.4) is 0 Å². The van der Waals surface area contributed by atoms with Crippen LogP contribution in [0.2, 0.25) is 0 Å². The summed E-state index contributed by atoms with van der Waals surface area (Å²) in [5.74, 6) is 0. The normalized spacial score (nSPS) is 19.9. The molecule has 0 spiro atoms. The highest BCUT2D eigenvalue weighted by molar-refractivity contribution is 4.65. The molecule has 1 N–H and O–H groups in total. The van der Waals surface area contributed by atoms with Gasteiger partial charge in [0.05, 0.1) is 0 Å². The summed E-state index contributed by atoms with van der Waals surface area (Å²) in [5, 5.41) is 10.1. The summed E-state index contributed by atoms with van der Waals surface area (Å²) >= 11 is 0. The molecule has 3 nitrogen and oxygen atoms in total. The highest BCUT2D eigenvalue weighted by atomic mass is 16.5. The lowest BCUT2D eigenvalue weighted by Crippen LogP contribution is -2.24. The zero-order valence-electron chi connectivity index (χ0n) is 7.29. The van der Waals surface area contributed by atoms with E-state index in [4.69, 9.17) is 5.21 Å². The zero-order chi connectivity index (χ0) is 8.10. The molecule has 11 heavy (non-hydrogen) atoms. The Kier molecular flexibility index (Phi) is 3.83. The second-order valence-corrected chi connectivity index (χ2v) is 3.28. The second kappa shape index (κ2) is 4.70. The molecule has 0 atom stereocenters. The molecule has 0 aromatic heterocycles. The van der Waals surface area contributed by atoms with E-state index in [1.165, 1.54) is 31.0 Å². The van der Waals surface area contributed by atoms with E-state index in [1.807, 2.05) is 0 Å². The van der Waals surface area contributed by atoms with Crippen LogP contribution in [0.25, 0.3) is 0 Å². The minimum Gasteiger partial charge on any atom is -0.314 e. The summed E-state index contributed by atoms with van der Waals surface area (Å²) in [6.45, 7) is 4.45. The van der Waals surface area contributed by atoms with Gasteiger partial charge in [0.1, 0.15) is 0 Å². The molecule has 66 valence electrons. The van der Waals surface area contributed by atoms with Gasteiger partial charge in [0.2, 0.25) is 0 Å².